The smallest absolute Gasteiger partial charge is 0.123 e. The van der Waals surface area contributed by atoms with Gasteiger partial charge in [0.25, 0.3) is 0 Å². The Morgan fingerprint density at radius 3 is 2.78 bits per heavy atom. The summed E-state index contributed by atoms with van der Waals surface area (Å²) in [6.45, 7) is 5.54. The second-order valence-corrected chi connectivity index (χ2v) is 4.90. The van der Waals surface area contributed by atoms with Gasteiger partial charge in [0.2, 0.25) is 0 Å². The van der Waals surface area contributed by atoms with E-state index in [-0.39, 0.29) is 0 Å². The topological polar surface area (TPSA) is 47.3 Å². The highest BCUT2D eigenvalue weighted by atomic mass is 32.1. The van der Waals surface area contributed by atoms with Crippen LogP contribution in [0.1, 0.15) is 18.1 Å². The Balaban J connectivity index is 2.07. The second kappa shape index (κ2) is 5.78. The van der Waals surface area contributed by atoms with Crippen LogP contribution in [0.25, 0.3) is 0 Å². The number of nitrogens with two attached hydrogens (primary N) is 1. The zero-order valence-corrected chi connectivity index (χ0v) is 11.5. The highest BCUT2D eigenvalue weighted by Crippen LogP contribution is 2.23. The quantitative estimate of drug-likeness (QED) is 0.809. The van der Waals surface area contributed by atoms with E-state index in [1.54, 1.807) is 11.3 Å². The Hall–Kier alpha value is -1.68. The summed E-state index contributed by atoms with van der Waals surface area (Å²) in [4.78, 5) is 0. The van der Waals surface area contributed by atoms with Crippen molar-refractivity contribution in [2.24, 2.45) is 0 Å². The Bertz CT molecular complexity index is 522. The van der Waals surface area contributed by atoms with Gasteiger partial charge < -0.3 is 15.8 Å². The van der Waals surface area contributed by atoms with E-state index >= 15 is 0 Å². The highest BCUT2D eigenvalue weighted by Gasteiger charge is 2.02. The monoisotopic (exact) mass is 262 g/mol. The fourth-order valence-corrected chi connectivity index (χ4v) is 2.60. The molecule has 0 unspecified atom stereocenters. The maximum Gasteiger partial charge on any atom is 0.123 e. The van der Waals surface area contributed by atoms with Crippen molar-refractivity contribution in [3.63, 3.8) is 0 Å². The Morgan fingerprint density at radius 1 is 1.28 bits per heavy atom. The molecule has 0 bridgehead atoms. The predicted octanol–water partition coefficient (Wildman–Crippen LogP) is 3.65. The lowest BCUT2D eigenvalue weighted by Crippen LogP contribution is -2.01. The van der Waals surface area contributed by atoms with E-state index in [2.05, 4.69) is 23.0 Å². The summed E-state index contributed by atoms with van der Waals surface area (Å²) in [6.07, 6.45) is 0. The van der Waals surface area contributed by atoms with E-state index < -0.39 is 0 Å². The number of hydrogen-bond donors (Lipinski definition) is 2. The molecule has 3 nitrogen and oxygen atoms in total. The molecule has 0 atom stereocenters. The van der Waals surface area contributed by atoms with Crippen molar-refractivity contribution >= 4 is 22.7 Å². The molecule has 18 heavy (non-hydrogen) atoms. The van der Waals surface area contributed by atoms with Gasteiger partial charge in [0.15, 0.2) is 0 Å². The lowest BCUT2D eigenvalue weighted by molar-refractivity contribution is 0.340. The maximum atomic E-state index is 5.85. The lowest BCUT2D eigenvalue weighted by Gasteiger charge is -2.10. The number of nitrogens with one attached hydrogen (secondary N) is 1. The molecular formula is C14H18N2OS. The summed E-state index contributed by atoms with van der Waals surface area (Å²) < 4.78 is 5.47. The van der Waals surface area contributed by atoms with Crippen LogP contribution in [0.3, 0.4) is 0 Å². The van der Waals surface area contributed by atoms with Crippen LogP contribution in [0.2, 0.25) is 0 Å². The summed E-state index contributed by atoms with van der Waals surface area (Å²) in [7, 11) is 0. The number of benzene rings is 1. The van der Waals surface area contributed by atoms with Crippen LogP contribution in [0, 0.1) is 6.92 Å². The van der Waals surface area contributed by atoms with E-state index in [9.17, 15) is 0 Å². The minimum absolute atomic E-state index is 0.645. The van der Waals surface area contributed by atoms with Gasteiger partial charge in [-0.05, 0) is 41.8 Å². The summed E-state index contributed by atoms with van der Waals surface area (Å²) in [5.41, 5.74) is 10.2. The molecule has 2 aromatic rings. The number of anilines is 2. The molecular weight excluding hydrogens is 244 g/mol. The van der Waals surface area contributed by atoms with Gasteiger partial charge in [-0.15, -0.1) is 0 Å². The molecule has 1 heterocycles. The Labute approximate surface area is 112 Å². The van der Waals surface area contributed by atoms with Gasteiger partial charge in [-0.25, -0.2) is 0 Å². The van der Waals surface area contributed by atoms with Crippen LogP contribution in [-0.4, -0.2) is 6.61 Å². The van der Waals surface area contributed by atoms with E-state index in [1.165, 1.54) is 11.1 Å². The maximum absolute atomic E-state index is 5.85. The first-order chi connectivity index (χ1) is 8.69. The number of aryl methyl sites for hydroxylation is 1. The fourth-order valence-electron chi connectivity index (χ4n) is 1.74. The molecule has 3 N–H and O–H groups in total. The molecule has 0 aliphatic carbocycles. The SMILES string of the molecule is CCOc1cc(N)cc(NCc2cscc2C)c1. The van der Waals surface area contributed by atoms with Crippen LogP contribution < -0.4 is 15.8 Å². The van der Waals surface area contributed by atoms with Crippen LogP contribution in [-0.2, 0) is 6.54 Å². The summed E-state index contributed by atoms with van der Waals surface area (Å²) in [5, 5.41) is 7.69. The van der Waals surface area contributed by atoms with Gasteiger partial charge >= 0.3 is 0 Å². The van der Waals surface area contributed by atoms with Crippen molar-refractivity contribution in [2.75, 3.05) is 17.7 Å². The first kappa shape index (κ1) is 12.8. The van der Waals surface area contributed by atoms with Crippen LogP contribution in [0.4, 0.5) is 11.4 Å². The Kier molecular flexibility index (Phi) is 4.10. The third-order valence-electron chi connectivity index (χ3n) is 2.68. The van der Waals surface area contributed by atoms with Crippen LogP contribution in [0.15, 0.2) is 29.0 Å². The number of ether oxygens (including phenoxy) is 1. The molecule has 0 saturated carbocycles. The van der Waals surface area contributed by atoms with Crippen LogP contribution >= 0.6 is 11.3 Å². The van der Waals surface area contributed by atoms with E-state index in [1.807, 2.05) is 25.1 Å². The minimum atomic E-state index is 0.645. The molecule has 4 heteroatoms. The van der Waals surface area contributed by atoms with E-state index in [4.69, 9.17) is 10.5 Å². The van der Waals surface area contributed by atoms with E-state index in [0.717, 1.165) is 18.0 Å². The highest BCUT2D eigenvalue weighted by molar-refractivity contribution is 7.08. The van der Waals surface area contributed by atoms with Crippen molar-refractivity contribution in [2.45, 2.75) is 20.4 Å². The molecule has 1 aromatic carbocycles. The summed E-state index contributed by atoms with van der Waals surface area (Å²) in [5.74, 6) is 0.807. The molecule has 0 amide bonds. The average molecular weight is 262 g/mol. The Morgan fingerprint density at radius 2 is 2.11 bits per heavy atom. The third-order valence-corrected chi connectivity index (χ3v) is 3.59. The molecule has 0 saturated heterocycles. The molecule has 0 fully saturated rings. The predicted molar refractivity (Wildman–Crippen MR) is 78.4 cm³/mol. The molecule has 2 rings (SSSR count). The molecule has 0 radical (unpaired) electrons. The molecule has 0 aliphatic heterocycles. The molecule has 0 aliphatic rings. The van der Waals surface area contributed by atoms with Gasteiger partial charge in [-0.2, -0.15) is 11.3 Å². The fraction of sp³-hybridized carbons (Fsp3) is 0.286. The van der Waals surface area contributed by atoms with Crippen molar-refractivity contribution in [3.05, 3.63) is 40.1 Å². The van der Waals surface area contributed by atoms with Crippen molar-refractivity contribution in [3.8, 4) is 5.75 Å². The number of hydrogen-bond acceptors (Lipinski definition) is 4. The lowest BCUT2D eigenvalue weighted by atomic mass is 10.2. The van der Waals surface area contributed by atoms with Gasteiger partial charge in [0.1, 0.15) is 5.75 Å². The number of thiophene rings is 1. The van der Waals surface area contributed by atoms with E-state index in [0.29, 0.717) is 12.3 Å². The normalized spacial score (nSPS) is 10.3. The summed E-state index contributed by atoms with van der Waals surface area (Å²) in [6, 6.07) is 5.73. The first-order valence-corrected chi connectivity index (χ1v) is 6.92. The first-order valence-electron chi connectivity index (χ1n) is 5.98. The largest absolute Gasteiger partial charge is 0.494 e. The van der Waals surface area contributed by atoms with Gasteiger partial charge in [-0.1, -0.05) is 0 Å². The van der Waals surface area contributed by atoms with Crippen molar-refractivity contribution in [1.82, 2.24) is 0 Å². The molecule has 96 valence electrons. The standard InChI is InChI=1S/C14H18N2OS/c1-3-17-14-5-12(15)4-13(6-14)16-7-11-9-18-8-10(11)2/h4-6,8-9,16H,3,7,15H2,1-2H3. The summed E-state index contributed by atoms with van der Waals surface area (Å²) >= 11 is 1.73. The van der Waals surface area contributed by atoms with Gasteiger partial charge in [-0.3, -0.25) is 0 Å². The average Bonchev–Trinajstić information content (AvgIpc) is 2.72. The molecule has 1 aromatic heterocycles. The number of nitrogen functional groups attached to an aromatic ring is 1. The zero-order valence-electron chi connectivity index (χ0n) is 10.7. The van der Waals surface area contributed by atoms with Gasteiger partial charge in [0.05, 0.1) is 6.61 Å². The van der Waals surface area contributed by atoms with Crippen molar-refractivity contribution in [1.29, 1.82) is 0 Å². The second-order valence-electron chi connectivity index (χ2n) is 4.16. The third kappa shape index (κ3) is 3.17. The minimum Gasteiger partial charge on any atom is -0.494 e. The van der Waals surface area contributed by atoms with Crippen LogP contribution in [0.5, 0.6) is 5.75 Å². The number of rotatable bonds is 5. The van der Waals surface area contributed by atoms with Crippen molar-refractivity contribution < 1.29 is 4.74 Å². The molecule has 0 spiro atoms. The zero-order chi connectivity index (χ0) is 13.0. The van der Waals surface area contributed by atoms with Gasteiger partial charge in [0, 0.05) is 30.1 Å².